The van der Waals surface area contributed by atoms with Crippen molar-refractivity contribution in [3.63, 3.8) is 0 Å². The molecule has 0 unspecified atom stereocenters. The molecule has 0 radical (unpaired) electrons. The number of aryl methyl sites for hydroxylation is 1. The Labute approximate surface area is 120 Å². The molecule has 0 aliphatic heterocycles. The van der Waals surface area contributed by atoms with Crippen molar-refractivity contribution in [1.82, 2.24) is 19.7 Å². The standard InChI is InChI=1S/C15H15FN4O/c1-9-6-11(19-18-9)7-10(2)20-8-17-13-5-3-4-12(16)14(13)15(20)21/h3-6,8,10H,7H2,1-2H3,(H,18,19)/t10-/m1/s1. The zero-order valence-corrected chi connectivity index (χ0v) is 11.8. The lowest BCUT2D eigenvalue weighted by molar-refractivity contribution is 0.515. The second-order valence-corrected chi connectivity index (χ2v) is 5.19. The number of hydrogen-bond acceptors (Lipinski definition) is 3. The maximum absolute atomic E-state index is 13.9. The van der Waals surface area contributed by atoms with E-state index in [1.807, 2.05) is 19.9 Å². The fourth-order valence-corrected chi connectivity index (χ4v) is 2.43. The van der Waals surface area contributed by atoms with E-state index < -0.39 is 5.82 Å². The summed E-state index contributed by atoms with van der Waals surface area (Å²) in [5.41, 5.74) is 1.84. The molecule has 0 amide bonds. The molecule has 5 nitrogen and oxygen atoms in total. The van der Waals surface area contributed by atoms with Crippen LogP contribution in [0.1, 0.15) is 24.4 Å². The Morgan fingerprint density at radius 2 is 2.24 bits per heavy atom. The van der Waals surface area contributed by atoms with E-state index in [1.54, 1.807) is 12.1 Å². The summed E-state index contributed by atoms with van der Waals surface area (Å²) >= 11 is 0. The molecule has 1 atom stereocenters. The monoisotopic (exact) mass is 286 g/mol. The number of nitrogens with zero attached hydrogens (tertiary/aromatic N) is 3. The van der Waals surface area contributed by atoms with E-state index in [0.29, 0.717) is 11.9 Å². The van der Waals surface area contributed by atoms with Gasteiger partial charge in [-0.3, -0.25) is 14.5 Å². The van der Waals surface area contributed by atoms with Crippen LogP contribution in [0.15, 0.2) is 35.4 Å². The zero-order valence-electron chi connectivity index (χ0n) is 11.8. The van der Waals surface area contributed by atoms with Crippen molar-refractivity contribution in [2.75, 3.05) is 0 Å². The predicted octanol–water partition coefficient (Wildman–Crippen LogP) is 2.37. The average Bonchev–Trinajstić information content (AvgIpc) is 2.84. The van der Waals surface area contributed by atoms with Crippen LogP contribution in [-0.2, 0) is 6.42 Å². The van der Waals surface area contributed by atoms with Gasteiger partial charge in [-0.1, -0.05) is 6.07 Å². The third-order valence-electron chi connectivity index (χ3n) is 3.50. The molecule has 3 aromatic rings. The van der Waals surface area contributed by atoms with Crippen LogP contribution in [0.4, 0.5) is 4.39 Å². The van der Waals surface area contributed by atoms with Crippen molar-refractivity contribution < 1.29 is 4.39 Å². The molecule has 3 rings (SSSR count). The minimum absolute atomic E-state index is 0.0325. The molecule has 0 saturated carbocycles. The lowest BCUT2D eigenvalue weighted by atomic mass is 10.1. The molecule has 0 saturated heterocycles. The molecule has 0 aliphatic carbocycles. The lowest BCUT2D eigenvalue weighted by Crippen LogP contribution is -2.25. The van der Waals surface area contributed by atoms with Crippen molar-refractivity contribution in [2.45, 2.75) is 26.3 Å². The third-order valence-corrected chi connectivity index (χ3v) is 3.50. The van der Waals surface area contributed by atoms with Crippen molar-refractivity contribution >= 4 is 10.9 Å². The van der Waals surface area contributed by atoms with Crippen molar-refractivity contribution in [2.24, 2.45) is 0 Å². The summed E-state index contributed by atoms with van der Waals surface area (Å²) in [6, 6.07) is 6.22. The first-order valence-electron chi connectivity index (χ1n) is 6.72. The first kappa shape index (κ1) is 13.5. The molecule has 0 aliphatic rings. The summed E-state index contributed by atoms with van der Waals surface area (Å²) in [6.07, 6.45) is 2.04. The molecule has 2 heterocycles. The highest BCUT2D eigenvalue weighted by Crippen LogP contribution is 2.15. The van der Waals surface area contributed by atoms with Gasteiger partial charge in [0.25, 0.3) is 5.56 Å². The Morgan fingerprint density at radius 3 is 2.95 bits per heavy atom. The topological polar surface area (TPSA) is 63.6 Å². The Morgan fingerprint density at radius 1 is 1.43 bits per heavy atom. The highest BCUT2D eigenvalue weighted by atomic mass is 19.1. The van der Waals surface area contributed by atoms with Gasteiger partial charge >= 0.3 is 0 Å². The normalized spacial score (nSPS) is 12.7. The van der Waals surface area contributed by atoms with Gasteiger partial charge in [-0.2, -0.15) is 5.10 Å². The van der Waals surface area contributed by atoms with Gasteiger partial charge in [-0.05, 0) is 32.0 Å². The summed E-state index contributed by atoms with van der Waals surface area (Å²) in [5, 5.41) is 7.05. The van der Waals surface area contributed by atoms with Gasteiger partial charge in [-0.15, -0.1) is 0 Å². The maximum atomic E-state index is 13.9. The van der Waals surface area contributed by atoms with Crippen molar-refractivity contribution in [3.05, 3.63) is 58.2 Å². The van der Waals surface area contributed by atoms with E-state index in [2.05, 4.69) is 15.2 Å². The van der Waals surface area contributed by atoms with E-state index >= 15 is 0 Å². The zero-order chi connectivity index (χ0) is 15.0. The van der Waals surface area contributed by atoms with Crippen LogP contribution < -0.4 is 5.56 Å². The summed E-state index contributed by atoms with van der Waals surface area (Å²) in [5.74, 6) is -0.540. The SMILES string of the molecule is Cc1cc(C[C@@H](C)n2cnc3cccc(F)c3c2=O)n[nH]1. The number of rotatable bonds is 3. The predicted molar refractivity (Wildman–Crippen MR) is 77.7 cm³/mol. The number of aromatic amines is 1. The molecule has 6 heteroatoms. The van der Waals surface area contributed by atoms with Crippen molar-refractivity contribution in [3.8, 4) is 0 Å². The second kappa shape index (κ2) is 5.12. The smallest absolute Gasteiger partial charge is 0.264 e. The van der Waals surface area contributed by atoms with E-state index in [9.17, 15) is 9.18 Å². The number of nitrogens with one attached hydrogen (secondary N) is 1. The number of halogens is 1. The van der Waals surface area contributed by atoms with Gasteiger partial charge in [0.05, 0.1) is 17.5 Å². The Hall–Kier alpha value is -2.50. The molecule has 1 aromatic carbocycles. The molecule has 108 valence electrons. The largest absolute Gasteiger partial charge is 0.295 e. The number of fused-ring (bicyclic) bond motifs is 1. The van der Waals surface area contributed by atoms with Gasteiger partial charge in [0, 0.05) is 18.2 Å². The number of hydrogen-bond donors (Lipinski definition) is 1. The number of benzene rings is 1. The minimum Gasteiger partial charge on any atom is -0.295 e. The second-order valence-electron chi connectivity index (χ2n) is 5.19. The van der Waals surface area contributed by atoms with Crippen LogP contribution in [0.5, 0.6) is 0 Å². The van der Waals surface area contributed by atoms with Gasteiger partial charge in [-0.25, -0.2) is 9.37 Å². The van der Waals surface area contributed by atoms with E-state index in [-0.39, 0.29) is 17.0 Å². The molecule has 1 N–H and O–H groups in total. The van der Waals surface area contributed by atoms with Crippen LogP contribution in [0, 0.1) is 12.7 Å². The number of aromatic nitrogens is 4. The average molecular weight is 286 g/mol. The number of H-pyrrole nitrogens is 1. The minimum atomic E-state index is -0.540. The van der Waals surface area contributed by atoms with Crippen LogP contribution >= 0.6 is 0 Å². The Bertz CT molecular complexity index is 852. The van der Waals surface area contributed by atoms with Crippen molar-refractivity contribution in [1.29, 1.82) is 0 Å². The fourth-order valence-electron chi connectivity index (χ4n) is 2.43. The van der Waals surface area contributed by atoms with Gasteiger partial charge < -0.3 is 0 Å². The first-order valence-corrected chi connectivity index (χ1v) is 6.72. The van der Waals surface area contributed by atoms with Crippen LogP contribution in [0.2, 0.25) is 0 Å². The summed E-state index contributed by atoms with van der Waals surface area (Å²) in [4.78, 5) is 16.6. The third kappa shape index (κ3) is 2.44. The first-order chi connectivity index (χ1) is 10.1. The molecule has 2 aromatic heterocycles. The molecule has 0 spiro atoms. The maximum Gasteiger partial charge on any atom is 0.264 e. The molecule has 0 fully saturated rings. The molecular formula is C15H15FN4O. The molecule has 0 bridgehead atoms. The van der Waals surface area contributed by atoms with Gasteiger partial charge in [0.1, 0.15) is 11.2 Å². The van der Waals surface area contributed by atoms with Crippen LogP contribution in [0.25, 0.3) is 10.9 Å². The quantitative estimate of drug-likeness (QED) is 0.804. The fraction of sp³-hybridized carbons (Fsp3) is 0.267. The van der Waals surface area contributed by atoms with E-state index in [0.717, 1.165) is 11.4 Å². The van der Waals surface area contributed by atoms with Crippen LogP contribution in [-0.4, -0.2) is 19.7 Å². The Kier molecular flexibility index (Phi) is 3.29. The highest BCUT2D eigenvalue weighted by molar-refractivity contribution is 5.77. The van der Waals surface area contributed by atoms with E-state index in [1.165, 1.54) is 17.0 Å². The summed E-state index contributed by atoms with van der Waals surface area (Å²) in [6.45, 7) is 3.81. The summed E-state index contributed by atoms with van der Waals surface area (Å²) < 4.78 is 15.3. The Balaban J connectivity index is 2.02. The van der Waals surface area contributed by atoms with Gasteiger partial charge in [0.2, 0.25) is 0 Å². The highest BCUT2D eigenvalue weighted by Gasteiger charge is 2.14. The molecule has 21 heavy (non-hydrogen) atoms. The summed E-state index contributed by atoms with van der Waals surface area (Å²) in [7, 11) is 0. The van der Waals surface area contributed by atoms with Gasteiger partial charge in [0.15, 0.2) is 0 Å². The lowest BCUT2D eigenvalue weighted by Gasteiger charge is -2.14. The molecular weight excluding hydrogens is 271 g/mol. The van der Waals surface area contributed by atoms with E-state index in [4.69, 9.17) is 0 Å². The van der Waals surface area contributed by atoms with Crippen LogP contribution in [0.3, 0.4) is 0 Å².